The third-order valence-corrected chi connectivity index (χ3v) is 11.2. The van der Waals surface area contributed by atoms with Gasteiger partial charge in [0, 0.05) is 11.1 Å². The lowest BCUT2D eigenvalue weighted by molar-refractivity contribution is 0.768. The van der Waals surface area contributed by atoms with Crippen LogP contribution in [0.15, 0.2) is 200 Å². The van der Waals surface area contributed by atoms with E-state index >= 15 is 0 Å². The largest absolute Gasteiger partial charge is 0.209 e. The van der Waals surface area contributed by atoms with Crippen molar-refractivity contribution in [3.05, 3.63) is 234 Å². The second-order valence-corrected chi connectivity index (χ2v) is 14.3. The molecule has 0 spiro atoms. The Balaban J connectivity index is 1.15. The zero-order chi connectivity index (χ0) is 36.6. The Labute approximate surface area is 322 Å². The second-order valence-electron chi connectivity index (χ2n) is 14.3. The van der Waals surface area contributed by atoms with Crippen molar-refractivity contribution in [1.82, 2.24) is 15.0 Å². The summed E-state index contributed by atoms with van der Waals surface area (Å²) in [7, 11) is 0. The van der Waals surface area contributed by atoms with Crippen LogP contribution in [0.4, 0.5) is 0 Å². The minimum absolute atomic E-state index is 0.513. The molecule has 0 fully saturated rings. The lowest BCUT2D eigenvalue weighted by atomic mass is 9.67. The van der Waals surface area contributed by atoms with Crippen molar-refractivity contribution in [2.24, 2.45) is 0 Å². The molecule has 0 saturated heterocycles. The van der Waals surface area contributed by atoms with Crippen LogP contribution < -0.4 is 0 Å². The van der Waals surface area contributed by atoms with Crippen LogP contribution in [0.2, 0.25) is 0 Å². The van der Waals surface area contributed by atoms with Crippen LogP contribution in [0.25, 0.3) is 56.2 Å². The Kier molecular flexibility index (Phi) is 8.18. The molecule has 0 atom stereocenters. The van der Waals surface area contributed by atoms with E-state index in [1.165, 1.54) is 50.1 Å². The fourth-order valence-corrected chi connectivity index (χ4v) is 8.52. The number of nitrogens with zero attached hydrogens (tertiary/aromatic N) is 3. The van der Waals surface area contributed by atoms with Crippen LogP contribution in [0.3, 0.4) is 0 Å². The number of aromatic nitrogens is 3. The van der Waals surface area contributed by atoms with Gasteiger partial charge in [0.2, 0.25) is 0 Å². The molecule has 0 unspecified atom stereocenters. The highest BCUT2D eigenvalue weighted by molar-refractivity contribution is 5.88. The molecule has 260 valence electrons. The second kappa shape index (κ2) is 13.8. The summed E-state index contributed by atoms with van der Waals surface area (Å²) in [6.45, 7) is 0. The van der Waals surface area contributed by atoms with E-state index in [2.05, 4.69) is 194 Å². The van der Waals surface area contributed by atoms with Crippen molar-refractivity contribution in [3.8, 4) is 45.0 Å². The summed E-state index contributed by atoms with van der Waals surface area (Å²) in [5.41, 5.74) is 14.9. The summed E-state index contributed by atoms with van der Waals surface area (Å²) < 4.78 is 0. The Morgan fingerprint density at radius 3 is 1.42 bits per heavy atom. The zero-order valence-electron chi connectivity index (χ0n) is 30.3. The predicted octanol–water partition coefficient (Wildman–Crippen LogP) is 12.5. The summed E-state index contributed by atoms with van der Waals surface area (Å²) in [6.07, 6.45) is 6.20. The molecule has 55 heavy (non-hydrogen) atoms. The van der Waals surface area contributed by atoms with E-state index in [0.717, 1.165) is 40.9 Å². The van der Waals surface area contributed by atoms with E-state index in [-0.39, 0.29) is 0 Å². The van der Waals surface area contributed by atoms with E-state index < -0.39 is 5.41 Å². The van der Waals surface area contributed by atoms with Crippen LogP contribution in [0.1, 0.15) is 46.5 Å². The van der Waals surface area contributed by atoms with E-state index in [1.54, 1.807) is 0 Å². The molecule has 1 aromatic heterocycles. The summed E-state index contributed by atoms with van der Waals surface area (Å²) >= 11 is 0. The van der Waals surface area contributed by atoms with Crippen molar-refractivity contribution < 1.29 is 0 Å². The van der Waals surface area contributed by atoms with Gasteiger partial charge in [-0.3, -0.25) is 0 Å². The normalized spacial score (nSPS) is 14.0. The molecule has 3 heteroatoms. The molecule has 1 heterocycles. The van der Waals surface area contributed by atoms with Crippen LogP contribution >= 0.6 is 0 Å². The Hall–Kier alpha value is -6.97. The van der Waals surface area contributed by atoms with Gasteiger partial charge in [0.25, 0.3) is 0 Å². The van der Waals surface area contributed by atoms with Crippen LogP contribution in [-0.2, 0) is 5.41 Å². The maximum absolute atomic E-state index is 5.26. The van der Waals surface area contributed by atoms with Gasteiger partial charge in [0.15, 0.2) is 17.5 Å². The average Bonchev–Trinajstić information content (AvgIpc) is 3.58. The van der Waals surface area contributed by atoms with E-state index in [1.807, 2.05) is 6.07 Å². The molecule has 0 bridgehead atoms. The fraction of sp³-hybridized carbons (Fsp3) is 0.0577. The molecule has 0 amide bonds. The molecule has 10 rings (SSSR count). The quantitative estimate of drug-likeness (QED) is 0.166. The zero-order valence-corrected chi connectivity index (χ0v) is 30.3. The maximum Gasteiger partial charge on any atom is 0.164 e. The van der Waals surface area contributed by atoms with Gasteiger partial charge in [-0.15, -0.1) is 0 Å². The lowest BCUT2D eigenvalue weighted by Gasteiger charge is -2.34. The third kappa shape index (κ3) is 5.73. The molecule has 0 saturated carbocycles. The minimum atomic E-state index is -0.513. The molecule has 3 nitrogen and oxygen atoms in total. The standard InChI is InChI=1S/C52H37N3/c1-5-15-36(16-6-1)38-25-29-40(30-26-38)49-53-50(41-31-27-39(28-32-41)37-17-7-2-8-18-37)55-51(54-49)42-33-34-46-45-23-13-14-24-47(45)52(48(46)35-42,43-19-9-3-10-20-43)44-21-11-4-12-22-44/h1-27,29-31,33-35H,28,32H2. The molecule has 0 aliphatic heterocycles. The first kappa shape index (κ1) is 32.7. The van der Waals surface area contributed by atoms with E-state index in [9.17, 15) is 0 Å². The Morgan fingerprint density at radius 2 is 0.782 bits per heavy atom. The monoisotopic (exact) mass is 703 g/mol. The van der Waals surface area contributed by atoms with Crippen molar-refractivity contribution in [2.75, 3.05) is 0 Å². The van der Waals surface area contributed by atoms with Crippen molar-refractivity contribution >= 4 is 11.1 Å². The Morgan fingerprint density at radius 1 is 0.327 bits per heavy atom. The van der Waals surface area contributed by atoms with Gasteiger partial charge >= 0.3 is 0 Å². The van der Waals surface area contributed by atoms with Crippen LogP contribution in [0.5, 0.6) is 0 Å². The first-order valence-electron chi connectivity index (χ1n) is 19.0. The maximum atomic E-state index is 5.26. The van der Waals surface area contributed by atoms with Crippen LogP contribution in [-0.4, -0.2) is 15.0 Å². The fourth-order valence-electron chi connectivity index (χ4n) is 8.52. The van der Waals surface area contributed by atoms with Gasteiger partial charge in [-0.1, -0.05) is 194 Å². The Bertz CT molecular complexity index is 2680. The number of hydrogen-bond acceptors (Lipinski definition) is 3. The number of hydrogen-bond donors (Lipinski definition) is 0. The number of benzene rings is 7. The van der Waals surface area contributed by atoms with Gasteiger partial charge in [0.05, 0.1) is 5.41 Å². The third-order valence-electron chi connectivity index (χ3n) is 11.2. The minimum Gasteiger partial charge on any atom is -0.209 e. The molecule has 2 aliphatic rings. The highest BCUT2D eigenvalue weighted by atomic mass is 15.0. The summed E-state index contributed by atoms with van der Waals surface area (Å²) in [5, 5.41) is 0. The summed E-state index contributed by atoms with van der Waals surface area (Å²) in [5.74, 6) is 2.05. The van der Waals surface area contributed by atoms with Crippen LogP contribution in [0, 0.1) is 0 Å². The summed E-state index contributed by atoms with van der Waals surface area (Å²) in [6, 6.07) is 67.1. The first-order valence-corrected chi connectivity index (χ1v) is 19.0. The van der Waals surface area contributed by atoms with Gasteiger partial charge in [-0.2, -0.15) is 0 Å². The van der Waals surface area contributed by atoms with Gasteiger partial charge < -0.3 is 0 Å². The van der Waals surface area contributed by atoms with Gasteiger partial charge in [0.1, 0.15) is 0 Å². The number of allylic oxidation sites excluding steroid dienone is 4. The van der Waals surface area contributed by atoms with Crippen molar-refractivity contribution in [1.29, 1.82) is 0 Å². The molecule has 0 N–H and O–H groups in total. The average molecular weight is 704 g/mol. The van der Waals surface area contributed by atoms with E-state index in [4.69, 9.17) is 15.0 Å². The topological polar surface area (TPSA) is 38.7 Å². The molecule has 2 aliphatic carbocycles. The number of rotatable bonds is 7. The molecular weight excluding hydrogens is 667 g/mol. The van der Waals surface area contributed by atoms with Crippen molar-refractivity contribution in [2.45, 2.75) is 18.3 Å². The lowest BCUT2D eigenvalue weighted by Crippen LogP contribution is -2.28. The predicted molar refractivity (Wildman–Crippen MR) is 225 cm³/mol. The highest BCUT2D eigenvalue weighted by Gasteiger charge is 2.46. The number of fused-ring (bicyclic) bond motifs is 3. The SMILES string of the molecule is C1=C(c2ccccc2)CCC(c2nc(-c3ccc(-c4ccccc4)cc3)nc(-c3ccc4c(c3)C(c3ccccc3)(c3ccccc3)c3ccccc3-4)n2)=C1. The smallest absolute Gasteiger partial charge is 0.164 e. The molecule has 0 radical (unpaired) electrons. The van der Waals surface area contributed by atoms with E-state index in [0.29, 0.717) is 11.6 Å². The first-order chi connectivity index (χ1) is 27.3. The van der Waals surface area contributed by atoms with Gasteiger partial charge in [-0.05, 0) is 80.1 Å². The molecule has 7 aromatic carbocycles. The molecular formula is C52H37N3. The van der Waals surface area contributed by atoms with Crippen molar-refractivity contribution in [3.63, 3.8) is 0 Å². The van der Waals surface area contributed by atoms with Gasteiger partial charge in [-0.25, -0.2) is 15.0 Å². The highest BCUT2D eigenvalue weighted by Crippen LogP contribution is 2.56. The molecule has 8 aromatic rings. The summed E-state index contributed by atoms with van der Waals surface area (Å²) in [4.78, 5) is 15.7.